The number of hydrogen-bond acceptors (Lipinski definition) is 6. The number of carbonyl (C=O) groups excluding carboxylic acids is 1. The number of hydrogen-bond donors (Lipinski definition) is 1. The number of likely N-dealkylation sites (tertiary alicyclic amines) is 1. The number of carbonyl (C=O) groups is 1. The topological polar surface area (TPSA) is 76.2 Å². The van der Waals surface area contributed by atoms with Crippen LogP contribution in [0.2, 0.25) is 0 Å². The summed E-state index contributed by atoms with van der Waals surface area (Å²) in [6.45, 7) is 4.51. The van der Waals surface area contributed by atoms with Gasteiger partial charge in [0.05, 0.1) is 24.6 Å². The molecule has 4 rings (SSSR count). The van der Waals surface area contributed by atoms with Crippen molar-refractivity contribution in [2.45, 2.75) is 43.9 Å². The van der Waals surface area contributed by atoms with Gasteiger partial charge >= 0.3 is 0 Å². The van der Waals surface area contributed by atoms with Gasteiger partial charge in [0, 0.05) is 5.69 Å². The van der Waals surface area contributed by atoms with Crippen molar-refractivity contribution in [2.24, 2.45) is 0 Å². The Kier molecular flexibility index (Phi) is 7.03. The summed E-state index contributed by atoms with van der Waals surface area (Å²) in [5, 5.41) is 12.3. The van der Waals surface area contributed by atoms with Crippen LogP contribution >= 0.6 is 11.8 Å². The van der Waals surface area contributed by atoms with E-state index < -0.39 is 0 Å². The summed E-state index contributed by atoms with van der Waals surface area (Å²) < 4.78 is 20.7. The van der Waals surface area contributed by atoms with Crippen LogP contribution < -0.4 is 5.32 Å². The molecule has 1 fully saturated rings. The highest BCUT2D eigenvalue weighted by molar-refractivity contribution is 7.99. The SMILES string of the molecule is C[C@H](c1nnc(SCC(=O)NCc2ccco2)n1-c1ccc(F)cc1)N1CCCCC1. The number of nitrogens with zero attached hydrogens (tertiary/aromatic N) is 4. The Labute approximate surface area is 185 Å². The molecule has 1 saturated heterocycles. The zero-order valence-corrected chi connectivity index (χ0v) is 18.3. The zero-order chi connectivity index (χ0) is 21.6. The number of thioether (sulfide) groups is 1. The summed E-state index contributed by atoms with van der Waals surface area (Å²) in [7, 11) is 0. The number of halogens is 1. The summed E-state index contributed by atoms with van der Waals surface area (Å²) in [6.07, 6.45) is 5.17. The normalized spacial score (nSPS) is 15.7. The lowest BCUT2D eigenvalue weighted by Gasteiger charge is -2.31. The van der Waals surface area contributed by atoms with Crippen LogP contribution in [0.4, 0.5) is 4.39 Å². The van der Waals surface area contributed by atoms with Crippen LogP contribution in [0, 0.1) is 5.82 Å². The van der Waals surface area contributed by atoms with Gasteiger partial charge in [0.15, 0.2) is 11.0 Å². The predicted octanol–water partition coefficient (Wildman–Crippen LogP) is 3.95. The van der Waals surface area contributed by atoms with Crippen molar-refractivity contribution >= 4 is 17.7 Å². The Hall–Kier alpha value is -2.65. The smallest absolute Gasteiger partial charge is 0.230 e. The average molecular weight is 444 g/mol. The molecule has 1 aromatic carbocycles. The van der Waals surface area contributed by atoms with Crippen molar-refractivity contribution in [1.29, 1.82) is 0 Å². The molecular weight excluding hydrogens is 417 g/mol. The molecule has 1 N–H and O–H groups in total. The molecule has 0 saturated carbocycles. The highest BCUT2D eigenvalue weighted by Gasteiger charge is 2.25. The van der Waals surface area contributed by atoms with Crippen LogP contribution in [-0.2, 0) is 11.3 Å². The molecule has 1 atom stereocenters. The van der Waals surface area contributed by atoms with E-state index in [2.05, 4.69) is 27.3 Å². The van der Waals surface area contributed by atoms with E-state index in [4.69, 9.17) is 4.42 Å². The van der Waals surface area contributed by atoms with Gasteiger partial charge in [0.1, 0.15) is 11.6 Å². The van der Waals surface area contributed by atoms with Gasteiger partial charge in [-0.15, -0.1) is 10.2 Å². The minimum Gasteiger partial charge on any atom is -0.467 e. The fourth-order valence-corrected chi connectivity index (χ4v) is 4.52. The molecule has 3 aromatic rings. The first-order chi connectivity index (χ1) is 15.1. The van der Waals surface area contributed by atoms with Crippen LogP contribution in [0.1, 0.15) is 43.8 Å². The summed E-state index contributed by atoms with van der Waals surface area (Å²) in [6, 6.07) is 9.95. The van der Waals surface area contributed by atoms with Crippen LogP contribution in [0.15, 0.2) is 52.2 Å². The number of amides is 1. The third-order valence-electron chi connectivity index (χ3n) is 5.43. The molecule has 164 valence electrons. The minimum atomic E-state index is -0.297. The average Bonchev–Trinajstić information content (AvgIpc) is 3.47. The van der Waals surface area contributed by atoms with Crippen LogP contribution in [0.3, 0.4) is 0 Å². The first kappa shape index (κ1) is 21.6. The Morgan fingerprint density at radius 2 is 1.97 bits per heavy atom. The molecule has 1 aliphatic rings. The van der Waals surface area contributed by atoms with E-state index in [1.165, 1.54) is 43.2 Å². The number of furan rings is 1. The van der Waals surface area contributed by atoms with Crippen molar-refractivity contribution < 1.29 is 13.6 Å². The predicted molar refractivity (Wildman–Crippen MR) is 116 cm³/mol. The summed E-state index contributed by atoms with van der Waals surface area (Å²) >= 11 is 1.31. The molecule has 3 heterocycles. The molecule has 2 aromatic heterocycles. The molecule has 0 bridgehead atoms. The van der Waals surface area contributed by atoms with E-state index in [1.54, 1.807) is 24.5 Å². The number of aromatic nitrogens is 3. The minimum absolute atomic E-state index is 0.0694. The monoisotopic (exact) mass is 443 g/mol. The first-order valence-electron chi connectivity index (χ1n) is 10.5. The number of nitrogens with one attached hydrogen (secondary N) is 1. The molecule has 7 nitrogen and oxygen atoms in total. The lowest BCUT2D eigenvalue weighted by Crippen LogP contribution is -2.33. The van der Waals surface area contributed by atoms with Gasteiger partial charge in [-0.2, -0.15) is 0 Å². The maximum Gasteiger partial charge on any atom is 0.230 e. The Morgan fingerprint density at radius 1 is 1.19 bits per heavy atom. The van der Waals surface area contributed by atoms with Crippen molar-refractivity contribution in [3.05, 3.63) is 60.1 Å². The van der Waals surface area contributed by atoms with Crippen molar-refractivity contribution in [3.8, 4) is 5.69 Å². The van der Waals surface area contributed by atoms with Crippen LogP contribution in [-0.4, -0.2) is 44.4 Å². The third-order valence-corrected chi connectivity index (χ3v) is 6.36. The number of benzene rings is 1. The van der Waals surface area contributed by atoms with Gasteiger partial charge in [0.2, 0.25) is 5.91 Å². The standard InChI is InChI=1S/C22H26FN5O2S/c1-16(27-11-3-2-4-12-27)21-25-26-22(28(21)18-9-7-17(23)8-10-18)31-15-20(29)24-14-19-6-5-13-30-19/h5-10,13,16H,2-4,11-12,14-15H2,1H3,(H,24,29)/t16-/m1/s1. The fourth-order valence-electron chi connectivity index (χ4n) is 3.73. The van der Waals surface area contributed by atoms with Gasteiger partial charge < -0.3 is 9.73 Å². The van der Waals surface area contributed by atoms with Gasteiger partial charge in [-0.25, -0.2) is 4.39 Å². The third kappa shape index (κ3) is 5.34. The second kappa shape index (κ2) is 10.1. The summed E-state index contributed by atoms with van der Waals surface area (Å²) in [5.41, 5.74) is 0.781. The first-order valence-corrected chi connectivity index (χ1v) is 11.5. The van der Waals surface area contributed by atoms with Gasteiger partial charge in [-0.05, 0) is 69.3 Å². The molecule has 0 aliphatic carbocycles. The summed E-state index contributed by atoms with van der Waals surface area (Å²) in [4.78, 5) is 14.7. The van der Waals surface area contributed by atoms with E-state index in [1.807, 2.05) is 10.6 Å². The lowest BCUT2D eigenvalue weighted by molar-refractivity contribution is -0.118. The Bertz CT molecular complexity index is 984. The van der Waals surface area contributed by atoms with E-state index in [0.717, 1.165) is 24.6 Å². The zero-order valence-electron chi connectivity index (χ0n) is 17.5. The molecule has 0 radical (unpaired) electrons. The molecular formula is C22H26FN5O2S. The van der Waals surface area contributed by atoms with E-state index in [-0.39, 0.29) is 23.5 Å². The van der Waals surface area contributed by atoms with Gasteiger partial charge in [-0.1, -0.05) is 18.2 Å². The van der Waals surface area contributed by atoms with Gasteiger partial charge in [0.25, 0.3) is 0 Å². The van der Waals surface area contributed by atoms with Crippen molar-refractivity contribution in [1.82, 2.24) is 25.0 Å². The summed E-state index contributed by atoms with van der Waals surface area (Å²) in [5.74, 6) is 1.27. The molecule has 0 unspecified atom stereocenters. The molecule has 9 heteroatoms. The van der Waals surface area contributed by atoms with E-state index in [9.17, 15) is 9.18 Å². The van der Waals surface area contributed by atoms with Crippen LogP contribution in [0.5, 0.6) is 0 Å². The maximum absolute atomic E-state index is 13.5. The second-order valence-corrected chi connectivity index (χ2v) is 8.51. The van der Waals surface area contributed by atoms with Crippen molar-refractivity contribution in [3.63, 3.8) is 0 Å². The van der Waals surface area contributed by atoms with Crippen LogP contribution in [0.25, 0.3) is 5.69 Å². The van der Waals surface area contributed by atoms with Crippen molar-refractivity contribution in [2.75, 3.05) is 18.8 Å². The molecule has 1 aliphatic heterocycles. The van der Waals surface area contributed by atoms with E-state index >= 15 is 0 Å². The molecule has 0 spiro atoms. The maximum atomic E-state index is 13.5. The van der Waals surface area contributed by atoms with E-state index in [0.29, 0.717) is 17.5 Å². The number of piperidine rings is 1. The highest BCUT2D eigenvalue weighted by Crippen LogP contribution is 2.29. The molecule has 31 heavy (non-hydrogen) atoms. The Balaban J connectivity index is 1.51. The second-order valence-electron chi connectivity index (χ2n) is 7.57. The quantitative estimate of drug-likeness (QED) is 0.531. The molecule has 1 amide bonds. The fraction of sp³-hybridized carbons (Fsp3) is 0.409. The largest absolute Gasteiger partial charge is 0.467 e. The number of rotatable bonds is 8. The lowest BCUT2D eigenvalue weighted by atomic mass is 10.1. The van der Waals surface area contributed by atoms with Gasteiger partial charge in [-0.3, -0.25) is 14.3 Å². The highest BCUT2D eigenvalue weighted by atomic mass is 32.2. The Morgan fingerprint density at radius 3 is 2.68 bits per heavy atom.